The lowest BCUT2D eigenvalue weighted by molar-refractivity contribution is 0.102. The van der Waals surface area contributed by atoms with Crippen molar-refractivity contribution < 1.29 is 13.9 Å². The van der Waals surface area contributed by atoms with E-state index < -0.39 is 11.7 Å². The van der Waals surface area contributed by atoms with Crippen LogP contribution in [0.25, 0.3) is 0 Å². The van der Waals surface area contributed by atoms with Crippen LogP contribution in [0, 0.1) is 5.82 Å². The SMILES string of the molecule is CCCCN(C)c1ccc(C(=O)Nc2ccc(Cl)c(Oc3cccc(Cl)c3)c2)cc1F. The molecule has 7 heteroatoms. The summed E-state index contributed by atoms with van der Waals surface area (Å²) >= 11 is 12.2. The van der Waals surface area contributed by atoms with E-state index in [4.69, 9.17) is 27.9 Å². The lowest BCUT2D eigenvalue weighted by Gasteiger charge is -2.20. The van der Waals surface area contributed by atoms with Gasteiger partial charge in [0.2, 0.25) is 0 Å². The molecule has 162 valence electrons. The summed E-state index contributed by atoms with van der Waals surface area (Å²) in [5.74, 6) is 0.00793. The smallest absolute Gasteiger partial charge is 0.255 e. The summed E-state index contributed by atoms with van der Waals surface area (Å²) in [4.78, 5) is 14.5. The molecule has 31 heavy (non-hydrogen) atoms. The number of carbonyl (C=O) groups is 1. The minimum Gasteiger partial charge on any atom is -0.456 e. The van der Waals surface area contributed by atoms with Gasteiger partial charge in [-0.25, -0.2) is 4.39 Å². The number of unbranched alkanes of at least 4 members (excludes halogenated alkanes) is 1. The number of hydrogen-bond donors (Lipinski definition) is 1. The van der Waals surface area contributed by atoms with Crippen molar-refractivity contribution in [3.8, 4) is 11.5 Å². The van der Waals surface area contributed by atoms with E-state index in [-0.39, 0.29) is 5.56 Å². The highest BCUT2D eigenvalue weighted by atomic mass is 35.5. The first-order chi connectivity index (χ1) is 14.9. The molecular formula is C24H23Cl2FN2O2. The molecule has 0 bridgehead atoms. The predicted octanol–water partition coefficient (Wildman–Crippen LogP) is 7.41. The highest BCUT2D eigenvalue weighted by Crippen LogP contribution is 2.33. The minimum absolute atomic E-state index is 0.220. The van der Waals surface area contributed by atoms with E-state index in [1.807, 2.05) is 11.9 Å². The van der Waals surface area contributed by atoms with E-state index in [0.717, 1.165) is 19.4 Å². The van der Waals surface area contributed by atoms with Crippen LogP contribution in [0.5, 0.6) is 11.5 Å². The molecular weight excluding hydrogens is 438 g/mol. The fourth-order valence-corrected chi connectivity index (χ4v) is 3.33. The summed E-state index contributed by atoms with van der Waals surface area (Å²) in [7, 11) is 1.84. The molecule has 0 spiro atoms. The number of ether oxygens (including phenoxy) is 1. The number of nitrogens with one attached hydrogen (secondary N) is 1. The molecule has 0 atom stereocenters. The number of rotatable bonds is 8. The van der Waals surface area contributed by atoms with Crippen molar-refractivity contribution >= 4 is 40.5 Å². The van der Waals surface area contributed by atoms with Gasteiger partial charge in [-0.3, -0.25) is 4.79 Å². The second-order valence-electron chi connectivity index (χ2n) is 7.10. The third-order valence-electron chi connectivity index (χ3n) is 4.68. The van der Waals surface area contributed by atoms with E-state index in [1.54, 1.807) is 54.6 Å². The van der Waals surface area contributed by atoms with Gasteiger partial charge in [0.1, 0.15) is 17.3 Å². The maximum Gasteiger partial charge on any atom is 0.255 e. The summed E-state index contributed by atoms with van der Waals surface area (Å²) in [6.07, 6.45) is 1.99. The number of hydrogen-bond acceptors (Lipinski definition) is 3. The monoisotopic (exact) mass is 460 g/mol. The van der Waals surface area contributed by atoms with Crippen LogP contribution in [0.4, 0.5) is 15.8 Å². The van der Waals surface area contributed by atoms with Crippen LogP contribution in [0.2, 0.25) is 10.0 Å². The van der Waals surface area contributed by atoms with Crippen molar-refractivity contribution in [1.29, 1.82) is 0 Å². The Labute approximate surface area is 191 Å². The molecule has 0 aliphatic rings. The Morgan fingerprint density at radius 2 is 1.90 bits per heavy atom. The number of nitrogens with zero attached hydrogens (tertiary/aromatic N) is 1. The molecule has 0 saturated carbocycles. The molecule has 4 nitrogen and oxygen atoms in total. The van der Waals surface area contributed by atoms with Crippen LogP contribution in [-0.2, 0) is 0 Å². The van der Waals surface area contributed by atoms with Gasteiger partial charge in [0, 0.05) is 35.9 Å². The fourth-order valence-electron chi connectivity index (χ4n) is 2.99. The molecule has 0 unspecified atom stereocenters. The molecule has 0 saturated heterocycles. The molecule has 3 aromatic carbocycles. The molecule has 3 aromatic rings. The lowest BCUT2D eigenvalue weighted by atomic mass is 10.1. The largest absolute Gasteiger partial charge is 0.456 e. The van der Waals surface area contributed by atoms with Crippen molar-refractivity contribution in [2.45, 2.75) is 19.8 Å². The predicted molar refractivity (Wildman–Crippen MR) is 126 cm³/mol. The van der Waals surface area contributed by atoms with Crippen molar-refractivity contribution in [1.82, 2.24) is 0 Å². The highest BCUT2D eigenvalue weighted by molar-refractivity contribution is 6.32. The zero-order valence-electron chi connectivity index (χ0n) is 17.3. The van der Waals surface area contributed by atoms with Gasteiger partial charge in [-0.15, -0.1) is 0 Å². The summed E-state index contributed by atoms with van der Waals surface area (Å²) < 4.78 is 20.3. The molecule has 1 N–H and O–H groups in total. The first kappa shape index (κ1) is 22.9. The van der Waals surface area contributed by atoms with E-state index in [9.17, 15) is 9.18 Å². The number of amides is 1. The van der Waals surface area contributed by atoms with Gasteiger partial charge in [0.15, 0.2) is 0 Å². The third kappa shape index (κ3) is 6.12. The van der Waals surface area contributed by atoms with E-state index in [2.05, 4.69) is 12.2 Å². The summed E-state index contributed by atoms with van der Waals surface area (Å²) in [5, 5.41) is 3.66. The highest BCUT2D eigenvalue weighted by Gasteiger charge is 2.14. The van der Waals surface area contributed by atoms with Crippen molar-refractivity contribution in [2.75, 3.05) is 23.8 Å². The minimum atomic E-state index is -0.438. The Hall–Kier alpha value is -2.76. The fraction of sp³-hybridized carbons (Fsp3) is 0.208. The molecule has 0 aliphatic heterocycles. The van der Waals surface area contributed by atoms with Crippen molar-refractivity contribution in [2.24, 2.45) is 0 Å². The van der Waals surface area contributed by atoms with Gasteiger partial charge in [0.25, 0.3) is 5.91 Å². The third-order valence-corrected chi connectivity index (χ3v) is 5.23. The second kappa shape index (κ2) is 10.5. The molecule has 3 rings (SSSR count). The van der Waals surface area contributed by atoms with Crippen LogP contribution in [-0.4, -0.2) is 19.5 Å². The molecule has 0 aromatic heterocycles. The van der Waals surface area contributed by atoms with Crippen LogP contribution in [0.1, 0.15) is 30.1 Å². The van der Waals surface area contributed by atoms with Crippen molar-refractivity contribution in [3.63, 3.8) is 0 Å². The van der Waals surface area contributed by atoms with Crippen LogP contribution >= 0.6 is 23.2 Å². The van der Waals surface area contributed by atoms with Gasteiger partial charge < -0.3 is 15.0 Å². The number of carbonyl (C=O) groups excluding carboxylic acids is 1. The quantitative estimate of drug-likeness (QED) is 0.380. The van der Waals surface area contributed by atoms with Gasteiger partial charge in [-0.2, -0.15) is 0 Å². The van der Waals surface area contributed by atoms with Crippen LogP contribution in [0.3, 0.4) is 0 Å². The summed E-state index contributed by atoms with van der Waals surface area (Å²) in [6.45, 7) is 2.83. The number of benzene rings is 3. The Kier molecular flexibility index (Phi) is 7.77. The van der Waals surface area contributed by atoms with Gasteiger partial charge >= 0.3 is 0 Å². The first-order valence-corrected chi connectivity index (χ1v) is 10.7. The Bertz CT molecular complexity index is 1080. The topological polar surface area (TPSA) is 41.6 Å². The molecule has 0 aliphatic carbocycles. The van der Waals surface area contributed by atoms with E-state index in [0.29, 0.717) is 32.9 Å². The average molecular weight is 461 g/mol. The van der Waals surface area contributed by atoms with Crippen LogP contribution in [0.15, 0.2) is 60.7 Å². The summed E-state index contributed by atoms with van der Waals surface area (Å²) in [6, 6.07) is 16.2. The zero-order chi connectivity index (χ0) is 22.4. The van der Waals surface area contributed by atoms with Crippen molar-refractivity contribution in [3.05, 3.63) is 82.1 Å². The van der Waals surface area contributed by atoms with Gasteiger partial charge in [-0.05, 0) is 55.0 Å². The zero-order valence-corrected chi connectivity index (χ0v) is 18.8. The maximum atomic E-state index is 14.5. The second-order valence-corrected chi connectivity index (χ2v) is 7.94. The van der Waals surface area contributed by atoms with Gasteiger partial charge in [-0.1, -0.05) is 42.6 Å². The maximum absolute atomic E-state index is 14.5. The number of anilines is 2. The van der Waals surface area contributed by atoms with Gasteiger partial charge in [0.05, 0.1) is 10.7 Å². The Balaban J connectivity index is 1.73. The van der Waals surface area contributed by atoms with E-state index in [1.165, 1.54) is 6.07 Å². The Morgan fingerprint density at radius 3 is 2.61 bits per heavy atom. The first-order valence-electron chi connectivity index (χ1n) is 9.92. The standard InChI is InChI=1S/C24H23Cl2FN2O2/c1-3-4-12-29(2)22-11-8-16(13-21(22)27)24(30)28-18-9-10-20(26)23(15-18)31-19-7-5-6-17(25)14-19/h5-11,13-15H,3-4,12H2,1-2H3,(H,28,30). The average Bonchev–Trinajstić information content (AvgIpc) is 2.74. The molecule has 1 amide bonds. The van der Waals surface area contributed by atoms with E-state index >= 15 is 0 Å². The summed E-state index contributed by atoms with van der Waals surface area (Å²) in [5.41, 5.74) is 1.15. The van der Waals surface area contributed by atoms with Crippen LogP contribution < -0.4 is 15.0 Å². The Morgan fingerprint density at radius 1 is 1.10 bits per heavy atom. The molecule has 0 radical (unpaired) electrons. The normalized spacial score (nSPS) is 10.6. The lowest BCUT2D eigenvalue weighted by Crippen LogP contribution is -2.20. The number of halogens is 3. The molecule has 0 fully saturated rings. The molecule has 0 heterocycles.